The van der Waals surface area contributed by atoms with Crippen LogP contribution in [-0.4, -0.2) is 64.7 Å². The van der Waals surface area contributed by atoms with Crippen molar-refractivity contribution in [3.05, 3.63) is 95.2 Å². The van der Waals surface area contributed by atoms with Crippen LogP contribution in [0.15, 0.2) is 78.5 Å². The lowest BCUT2D eigenvalue weighted by Crippen LogP contribution is -2.43. The molecule has 0 N–H and O–H groups in total. The molecule has 2 aromatic carbocycles. The summed E-state index contributed by atoms with van der Waals surface area (Å²) in [6.07, 6.45) is 2.73. The van der Waals surface area contributed by atoms with Crippen LogP contribution in [0.3, 0.4) is 0 Å². The maximum Gasteiger partial charge on any atom is 0.280 e. The molecular weight excluding hydrogens is 492 g/mol. The predicted octanol–water partition coefficient (Wildman–Crippen LogP) is 3.59. The van der Waals surface area contributed by atoms with E-state index in [-0.39, 0.29) is 17.8 Å². The summed E-state index contributed by atoms with van der Waals surface area (Å²) in [6, 6.07) is 15.5. The lowest BCUT2D eigenvalue weighted by Gasteiger charge is -2.38. The Morgan fingerprint density at radius 3 is 2.67 bits per heavy atom. The summed E-state index contributed by atoms with van der Waals surface area (Å²) < 4.78 is 15.0. The Morgan fingerprint density at radius 2 is 1.90 bits per heavy atom. The summed E-state index contributed by atoms with van der Waals surface area (Å²) in [7, 11) is 0. The fourth-order valence-electron chi connectivity index (χ4n) is 5.42. The predicted molar refractivity (Wildman–Crippen MR) is 152 cm³/mol. The van der Waals surface area contributed by atoms with E-state index in [2.05, 4.69) is 21.4 Å². The number of hydrogen-bond donors (Lipinski definition) is 0. The van der Waals surface area contributed by atoms with Gasteiger partial charge in [-0.05, 0) is 48.4 Å². The van der Waals surface area contributed by atoms with E-state index in [1.165, 1.54) is 6.08 Å². The minimum atomic E-state index is -0.262. The number of para-hydroxylation sites is 1. The van der Waals surface area contributed by atoms with Crippen LogP contribution in [0.2, 0.25) is 0 Å². The van der Waals surface area contributed by atoms with Gasteiger partial charge >= 0.3 is 0 Å². The highest BCUT2D eigenvalue weighted by Crippen LogP contribution is 2.39. The van der Waals surface area contributed by atoms with Gasteiger partial charge in [-0.1, -0.05) is 30.8 Å². The lowest BCUT2D eigenvalue weighted by atomic mass is 10.1. The second-order valence-corrected chi connectivity index (χ2v) is 9.76. The average molecular weight is 524 g/mol. The number of fused-ring (bicyclic) bond motifs is 2. The first-order valence-corrected chi connectivity index (χ1v) is 13.0. The number of anilines is 3. The number of rotatable bonds is 5. The van der Waals surface area contributed by atoms with Gasteiger partial charge in [0.25, 0.3) is 11.5 Å². The van der Waals surface area contributed by atoms with Crippen LogP contribution >= 0.6 is 0 Å². The molecule has 0 saturated carbocycles. The largest absolute Gasteiger partial charge is 0.379 e. The zero-order chi connectivity index (χ0) is 27.8. The molecule has 0 unspecified atom stereocenters. The molecule has 1 amide bonds. The number of ether oxygens (including phenoxy) is 1. The average Bonchev–Trinajstić information content (AvgIpc) is 2.97. The van der Waals surface area contributed by atoms with Crippen molar-refractivity contribution in [1.82, 2.24) is 19.4 Å². The van der Waals surface area contributed by atoms with Gasteiger partial charge in [-0.2, -0.15) is 0 Å². The van der Waals surface area contributed by atoms with Crippen molar-refractivity contribution in [1.29, 1.82) is 0 Å². The highest BCUT2D eigenvalue weighted by atomic mass is 16.5. The first kappa shape index (κ1) is 23.8. The molecule has 4 aromatic rings. The molecule has 0 radical (unpaired) electrons. The van der Waals surface area contributed by atoms with E-state index in [4.69, 9.17) is 6.11 Å². The number of morpholine rings is 1. The van der Waals surface area contributed by atoms with Crippen molar-refractivity contribution in [3.63, 3.8) is 0 Å². The fourth-order valence-corrected chi connectivity index (χ4v) is 5.42. The summed E-state index contributed by atoms with van der Waals surface area (Å²) in [6.45, 7) is 10.5. The van der Waals surface area contributed by atoms with Crippen molar-refractivity contribution < 1.29 is 10.9 Å². The van der Waals surface area contributed by atoms with Crippen LogP contribution in [0, 0.1) is 6.92 Å². The van der Waals surface area contributed by atoms with Crippen LogP contribution in [0.1, 0.15) is 12.5 Å². The molecule has 39 heavy (non-hydrogen) atoms. The molecule has 1 fully saturated rings. The van der Waals surface area contributed by atoms with E-state index in [0.29, 0.717) is 35.5 Å². The zero-order valence-corrected chi connectivity index (χ0v) is 21.8. The van der Waals surface area contributed by atoms with Crippen LogP contribution in [0.4, 0.5) is 17.1 Å². The van der Waals surface area contributed by atoms with E-state index < -0.39 is 0 Å². The molecule has 0 bridgehead atoms. The van der Waals surface area contributed by atoms with Gasteiger partial charge in [-0.15, -0.1) is 0 Å². The van der Waals surface area contributed by atoms with E-state index in [1.807, 2.05) is 54.3 Å². The molecular formula is C30H30N6O3. The van der Waals surface area contributed by atoms with Crippen molar-refractivity contribution in [2.75, 3.05) is 49.2 Å². The molecule has 0 spiro atoms. The molecule has 0 atom stereocenters. The minimum Gasteiger partial charge on any atom is -0.379 e. The standard InChI is InChI=1S/C30H30N6O3/c1-3-27(37)35-12-11-34(25-6-4-5-21(2)28(25)35)26-17-23-18-31-20-32-29(23)36(30(26)38)24-9-7-22(8-10-24)19-33-13-15-39-16-14-33/h3-10,17-18,20H,1,11-16,19H2,2H3/i20D. The van der Waals surface area contributed by atoms with E-state index in [9.17, 15) is 9.59 Å². The zero-order valence-electron chi connectivity index (χ0n) is 22.8. The lowest BCUT2D eigenvalue weighted by molar-refractivity contribution is -0.114. The number of benzene rings is 2. The fraction of sp³-hybridized carbons (Fsp3) is 0.267. The van der Waals surface area contributed by atoms with Gasteiger partial charge in [0, 0.05) is 44.3 Å². The second-order valence-electron chi connectivity index (χ2n) is 9.76. The van der Waals surface area contributed by atoms with E-state index in [0.717, 1.165) is 55.3 Å². The molecule has 6 rings (SSSR count). The van der Waals surface area contributed by atoms with E-state index in [1.54, 1.807) is 21.7 Å². The maximum atomic E-state index is 14.2. The summed E-state index contributed by atoms with van der Waals surface area (Å²) in [4.78, 5) is 41.3. The van der Waals surface area contributed by atoms with Gasteiger partial charge in [-0.3, -0.25) is 19.1 Å². The summed E-state index contributed by atoms with van der Waals surface area (Å²) >= 11 is 0. The number of carbonyl (C=O) groups is 1. The summed E-state index contributed by atoms with van der Waals surface area (Å²) in [5, 5.41) is 0.641. The maximum absolute atomic E-state index is 14.2. The summed E-state index contributed by atoms with van der Waals surface area (Å²) in [5.74, 6) is -0.181. The molecule has 198 valence electrons. The second kappa shape index (κ2) is 10.4. The number of nitrogens with zero attached hydrogens (tertiary/aromatic N) is 6. The number of pyridine rings is 1. The van der Waals surface area contributed by atoms with Gasteiger partial charge in [0.1, 0.15) is 13.4 Å². The Morgan fingerprint density at radius 1 is 1.10 bits per heavy atom. The number of aryl methyl sites for hydroxylation is 1. The number of hydrogen-bond acceptors (Lipinski definition) is 7. The number of aromatic nitrogens is 3. The van der Waals surface area contributed by atoms with Gasteiger partial charge < -0.3 is 14.5 Å². The number of carbonyl (C=O) groups excluding carboxylic acids is 1. The third kappa shape index (κ3) is 4.60. The van der Waals surface area contributed by atoms with Crippen molar-refractivity contribution in [2.45, 2.75) is 13.5 Å². The molecule has 0 aliphatic carbocycles. The van der Waals surface area contributed by atoms with Gasteiger partial charge in [-0.25, -0.2) is 9.97 Å². The van der Waals surface area contributed by atoms with Crippen molar-refractivity contribution >= 4 is 34.0 Å². The monoisotopic (exact) mass is 523 g/mol. The topological polar surface area (TPSA) is 83.8 Å². The first-order valence-electron chi connectivity index (χ1n) is 13.5. The molecule has 9 heteroatoms. The Hall–Kier alpha value is -4.34. The Labute approximate surface area is 228 Å². The van der Waals surface area contributed by atoms with Gasteiger partial charge in [0.2, 0.25) is 0 Å². The molecule has 9 nitrogen and oxygen atoms in total. The van der Waals surface area contributed by atoms with Crippen LogP contribution in [0.5, 0.6) is 0 Å². The highest BCUT2D eigenvalue weighted by molar-refractivity contribution is 6.05. The summed E-state index contributed by atoms with van der Waals surface area (Å²) in [5.41, 5.74) is 4.81. The first-order chi connectivity index (χ1) is 19.4. The highest BCUT2D eigenvalue weighted by Gasteiger charge is 2.30. The van der Waals surface area contributed by atoms with Crippen LogP contribution in [0.25, 0.3) is 16.7 Å². The number of amides is 1. The van der Waals surface area contributed by atoms with Crippen LogP contribution in [-0.2, 0) is 16.1 Å². The molecule has 2 aromatic heterocycles. The van der Waals surface area contributed by atoms with E-state index >= 15 is 0 Å². The normalized spacial score (nSPS) is 16.2. The third-order valence-electron chi connectivity index (χ3n) is 7.36. The van der Waals surface area contributed by atoms with Gasteiger partial charge in [0.05, 0.1) is 30.3 Å². The molecule has 2 aliphatic rings. The molecule has 2 aliphatic heterocycles. The quantitative estimate of drug-likeness (QED) is 0.370. The van der Waals surface area contributed by atoms with Crippen molar-refractivity contribution in [2.24, 2.45) is 0 Å². The Balaban J connectivity index is 1.46. The Bertz CT molecular complexity index is 1660. The minimum absolute atomic E-state index is 0.158. The molecule has 1 saturated heterocycles. The SMILES string of the molecule is [2H]c1ncc2cc(N3CCN(C(=O)C=C)c4c(C)cccc43)c(=O)n(-c3ccc(CN4CCOCC4)cc3)c2n1. The third-order valence-corrected chi connectivity index (χ3v) is 7.36. The smallest absolute Gasteiger partial charge is 0.280 e. The van der Waals surface area contributed by atoms with Gasteiger partial charge in [0.15, 0.2) is 5.65 Å². The molecule has 4 heterocycles. The van der Waals surface area contributed by atoms with Crippen LogP contribution < -0.4 is 15.4 Å². The van der Waals surface area contributed by atoms with Crippen molar-refractivity contribution in [3.8, 4) is 5.69 Å². The Kier molecular flexibility index (Phi) is 6.36.